The summed E-state index contributed by atoms with van der Waals surface area (Å²) < 4.78 is 0. The quantitative estimate of drug-likeness (QED) is 0.645. The van der Waals surface area contributed by atoms with Crippen LogP contribution in [0.25, 0.3) is 22.2 Å². The van der Waals surface area contributed by atoms with Gasteiger partial charge in [0.05, 0.1) is 5.69 Å². The van der Waals surface area contributed by atoms with Crippen molar-refractivity contribution >= 4 is 10.9 Å². The molecule has 0 fully saturated rings. The number of fused-ring (bicyclic) bond motifs is 1. The molecule has 0 aliphatic carbocycles. The average molecular weight is 223 g/mol. The zero-order chi connectivity index (χ0) is 11.8. The van der Waals surface area contributed by atoms with Gasteiger partial charge in [-0.05, 0) is 19.1 Å². The molecule has 0 aliphatic rings. The highest BCUT2D eigenvalue weighted by molar-refractivity contribution is 5.93. The van der Waals surface area contributed by atoms with Gasteiger partial charge in [0.25, 0.3) is 0 Å². The maximum Gasteiger partial charge on any atom is 0.148 e. The van der Waals surface area contributed by atoms with Gasteiger partial charge < -0.3 is 10.1 Å². The molecule has 0 amide bonds. The number of rotatable bonds is 1. The van der Waals surface area contributed by atoms with Gasteiger partial charge in [-0.15, -0.1) is 0 Å². The second-order valence-electron chi connectivity index (χ2n) is 4.26. The first kappa shape index (κ1) is 9.97. The minimum absolute atomic E-state index is 0.324. The van der Waals surface area contributed by atoms with E-state index >= 15 is 0 Å². The summed E-state index contributed by atoms with van der Waals surface area (Å²) in [4.78, 5) is 3.25. The van der Waals surface area contributed by atoms with Gasteiger partial charge >= 0.3 is 0 Å². The number of para-hydroxylation sites is 1. The summed E-state index contributed by atoms with van der Waals surface area (Å²) in [7, 11) is 0. The van der Waals surface area contributed by atoms with Crippen molar-refractivity contribution in [2.75, 3.05) is 0 Å². The van der Waals surface area contributed by atoms with E-state index in [4.69, 9.17) is 0 Å². The third-order valence-electron chi connectivity index (χ3n) is 3.02. The molecule has 1 heterocycles. The summed E-state index contributed by atoms with van der Waals surface area (Å²) in [6, 6.07) is 15.9. The number of hydrogen-bond acceptors (Lipinski definition) is 1. The molecule has 2 heteroatoms. The molecule has 0 unspecified atom stereocenters. The third kappa shape index (κ3) is 1.58. The molecule has 0 bridgehead atoms. The smallest absolute Gasteiger partial charge is 0.148 e. The van der Waals surface area contributed by atoms with Crippen LogP contribution < -0.4 is 0 Å². The Morgan fingerprint density at radius 2 is 1.65 bits per heavy atom. The molecule has 3 rings (SSSR count). The summed E-state index contributed by atoms with van der Waals surface area (Å²) in [6.07, 6.45) is 0. The zero-order valence-electron chi connectivity index (χ0n) is 9.57. The van der Waals surface area contributed by atoms with Crippen molar-refractivity contribution in [3.8, 4) is 17.0 Å². The van der Waals surface area contributed by atoms with Gasteiger partial charge in [-0.1, -0.05) is 42.0 Å². The Balaban J connectivity index is 2.24. The first-order valence-electron chi connectivity index (χ1n) is 5.62. The number of H-pyrrole nitrogens is 1. The lowest BCUT2D eigenvalue weighted by Crippen LogP contribution is -1.78. The van der Waals surface area contributed by atoms with Crippen molar-refractivity contribution in [2.24, 2.45) is 0 Å². The topological polar surface area (TPSA) is 36.0 Å². The number of aromatic hydroxyl groups is 1. The van der Waals surface area contributed by atoms with Crippen molar-refractivity contribution in [3.05, 3.63) is 54.1 Å². The minimum Gasteiger partial charge on any atom is -0.505 e. The highest BCUT2D eigenvalue weighted by Crippen LogP contribution is 2.35. The van der Waals surface area contributed by atoms with Gasteiger partial charge in [-0.3, -0.25) is 0 Å². The molecule has 2 nitrogen and oxygen atoms in total. The van der Waals surface area contributed by atoms with E-state index in [-0.39, 0.29) is 0 Å². The summed E-state index contributed by atoms with van der Waals surface area (Å²) in [5.41, 5.74) is 3.96. The maximum atomic E-state index is 10.2. The number of aromatic nitrogens is 1. The lowest BCUT2D eigenvalue weighted by molar-refractivity contribution is 0.483. The lowest BCUT2D eigenvalue weighted by atomic mass is 10.1. The van der Waals surface area contributed by atoms with E-state index in [1.165, 1.54) is 5.56 Å². The fraction of sp³-hybridized carbons (Fsp3) is 0.0667. The second-order valence-corrected chi connectivity index (χ2v) is 4.26. The van der Waals surface area contributed by atoms with Crippen molar-refractivity contribution in [1.82, 2.24) is 4.98 Å². The third-order valence-corrected chi connectivity index (χ3v) is 3.02. The van der Waals surface area contributed by atoms with Crippen molar-refractivity contribution in [1.29, 1.82) is 0 Å². The van der Waals surface area contributed by atoms with Crippen LogP contribution in [0, 0.1) is 6.92 Å². The lowest BCUT2D eigenvalue weighted by Gasteiger charge is -2.00. The van der Waals surface area contributed by atoms with Crippen LogP contribution in [-0.4, -0.2) is 10.1 Å². The van der Waals surface area contributed by atoms with Gasteiger partial charge in [0.1, 0.15) is 5.75 Å². The molecule has 0 spiro atoms. The van der Waals surface area contributed by atoms with E-state index in [0.717, 1.165) is 22.2 Å². The first-order valence-corrected chi connectivity index (χ1v) is 5.62. The predicted octanol–water partition coefficient (Wildman–Crippen LogP) is 3.85. The number of hydrogen-bond donors (Lipinski definition) is 2. The summed E-state index contributed by atoms with van der Waals surface area (Å²) in [5, 5.41) is 11.0. The highest BCUT2D eigenvalue weighted by Gasteiger charge is 2.10. The molecule has 2 aromatic carbocycles. The Bertz CT molecular complexity index is 665. The van der Waals surface area contributed by atoms with E-state index in [1.54, 1.807) is 0 Å². The first-order chi connectivity index (χ1) is 8.25. The van der Waals surface area contributed by atoms with E-state index in [1.807, 2.05) is 48.5 Å². The van der Waals surface area contributed by atoms with E-state index in [2.05, 4.69) is 11.9 Å². The zero-order valence-corrected chi connectivity index (χ0v) is 9.57. The van der Waals surface area contributed by atoms with E-state index in [9.17, 15) is 5.11 Å². The summed E-state index contributed by atoms with van der Waals surface area (Å²) >= 11 is 0. The predicted molar refractivity (Wildman–Crippen MR) is 70.1 cm³/mol. The molecule has 0 radical (unpaired) electrons. The normalized spacial score (nSPS) is 10.9. The van der Waals surface area contributed by atoms with Crippen LogP contribution in [0.15, 0.2) is 48.5 Å². The van der Waals surface area contributed by atoms with Crippen LogP contribution in [0.2, 0.25) is 0 Å². The van der Waals surface area contributed by atoms with Crippen LogP contribution in [0.3, 0.4) is 0 Å². The summed E-state index contributed by atoms with van der Waals surface area (Å²) in [6.45, 7) is 2.05. The molecule has 2 N–H and O–H groups in total. The van der Waals surface area contributed by atoms with Gasteiger partial charge in [0.2, 0.25) is 0 Å². The molecule has 0 aliphatic heterocycles. The monoisotopic (exact) mass is 223 g/mol. The Labute approximate surface area is 99.5 Å². The van der Waals surface area contributed by atoms with Crippen LogP contribution >= 0.6 is 0 Å². The Kier molecular flexibility index (Phi) is 2.15. The van der Waals surface area contributed by atoms with Gasteiger partial charge in [0.15, 0.2) is 0 Å². The second kappa shape index (κ2) is 3.67. The van der Waals surface area contributed by atoms with Crippen LogP contribution in [-0.2, 0) is 0 Å². The largest absolute Gasteiger partial charge is 0.505 e. The highest BCUT2D eigenvalue weighted by atomic mass is 16.3. The maximum absolute atomic E-state index is 10.2. The van der Waals surface area contributed by atoms with Gasteiger partial charge in [0, 0.05) is 16.5 Å². The molecule has 3 aromatic rings. The van der Waals surface area contributed by atoms with Crippen molar-refractivity contribution < 1.29 is 5.11 Å². The van der Waals surface area contributed by atoms with E-state index < -0.39 is 0 Å². The van der Waals surface area contributed by atoms with Crippen LogP contribution in [0.5, 0.6) is 5.75 Å². The molecule has 17 heavy (non-hydrogen) atoms. The standard InChI is InChI=1S/C15H13NO/c1-10-6-8-11(9-7-10)14-15(17)12-4-2-3-5-13(12)16-14/h2-9,16-17H,1H3. The fourth-order valence-electron chi connectivity index (χ4n) is 2.06. The molecule has 1 aromatic heterocycles. The molecule has 84 valence electrons. The number of benzene rings is 2. The molecule has 0 saturated heterocycles. The Morgan fingerprint density at radius 1 is 0.941 bits per heavy atom. The molecular formula is C15H13NO. The average Bonchev–Trinajstić information content (AvgIpc) is 2.69. The summed E-state index contributed by atoms with van der Waals surface area (Å²) in [5.74, 6) is 0.324. The molecule has 0 saturated carbocycles. The van der Waals surface area contributed by atoms with Crippen molar-refractivity contribution in [2.45, 2.75) is 6.92 Å². The van der Waals surface area contributed by atoms with Crippen molar-refractivity contribution in [3.63, 3.8) is 0 Å². The Morgan fingerprint density at radius 3 is 2.35 bits per heavy atom. The number of aryl methyl sites for hydroxylation is 1. The van der Waals surface area contributed by atoms with Crippen LogP contribution in [0.1, 0.15) is 5.56 Å². The molecular weight excluding hydrogens is 210 g/mol. The SMILES string of the molecule is Cc1ccc(-c2[nH]c3ccccc3c2O)cc1. The van der Waals surface area contributed by atoms with Crippen LogP contribution in [0.4, 0.5) is 0 Å². The minimum atomic E-state index is 0.324. The van der Waals surface area contributed by atoms with Gasteiger partial charge in [-0.2, -0.15) is 0 Å². The molecule has 0 atom stereocenters. The Hall–Kier alpha value is -2.22. The fourth-order valence-corrected chi connectivity index (χ4v) is 2.06. The number of nitrogens with one attached hydrogen (secondary N) is 1. The van der Waals surface area contributed by atoms with E-state index in [0.29, 0.717) is 5.75 Å². The van der Waals surface area contributed by atoms with Gasteiger partial charge in [-0.25, -0.2) is 0 Å². The number of aromatic amines is 1.